The molecule has 0 amide bonds. The van der Waals surface area contributed by atoms with Crippen molar-refractivity contribution in [1.82, 2.24) is 0 Å². The van der Waals surface area contributed by atoms with Gasteiger partial charge in [0, 0.05) is 12.0 Å². The van der Waals surface area contributed by atoms with E-state index in [0.29, 0.717) is 13.0 Å². The number of benzene rings is 1. The van der Waals surface area contributed by atoms with E-state index in [9.17, 15) is 4.79 Å². The zero-order valence-corrected chi connectivity index (χ0v) is 10.6. The molecule has 17 heavy (non-hydrogen) atoms. The second-order valence-electron chi connectivity index (χ2n) is 4.35. The minimum atomic E-state index is -0.289. The van der Waals surface area contributed by atoms with Gasteiger partial charge in [0.25, 0.3) is 0 Å². The summed E-state index contributed by atoms with van der Waals surface area (Å²) in [4.78, 5) is 11.6. The number of rotatable bonds is 6. The van der Waals surface area contributed by atoms with Gasteiger partial charge in [-0.05, 0) is 12.0 Å². The van der Waals surface area contributed by atoms with Gasteiger partial charge in [0.15, 0.2) is 0 Å². The Hall–Kier alpha value is -1.35. The number of esters is 1. The molecular formula is C14H21NO2. The summed E-state index contributed by atoms with van der Waals surface area (Å²) in [5.41, 5.74) is 6.75. The number of methoxy groups -OCH3 is 1. The van der Waals surface area contributed by atoms with Crippen LogP contribution in [0.5, 0.6) is 0 Å². The molecule has 1 aromatic carbocycles. The average molecular weight is 235 g/mol. The summed E-state index contributed by atoms with van der Waals surface area (Å²) in [5.74, 6) is -0.201. The Kier molecular flexibility index (Phi) is 5.16. The van der Waals surface area contributed by atoms with E-state index in [1.807, 2.05) is 30.3 Å². The highest BCUT2D eigenvalue weighted by molar-refractivity contribution is 5.71. The third kappa shape index (κ3) is 3.30. The van der Waals surface area contributed by atoms with Crippen LogP contribution in [-0.2, 0) is 14.9 Å². The van der Waals surface area contributed by atoms with Crippen LogP contribution in [0.4, 0.5) is 0 Å². The van der Waals surface area contributed by atoms with Gasteiger partial charge in [-0.2, -0.15) is 0 Å². The predicted octanol–water partition coefficient (Wildman–Crippen LogP) is 2.25. The molecule has 0 aliphatic rings. The Bertz CT molecular complexity index is 350. The molecule has 1 rings (SSSR count). The highest BCUT2D eigenvalue weighted by atomic mass is 16.5. The maximum absolute atomic E-state index is 11.6. The van der Waals surface area contributed by atoms with Crippen LogP contribution in [0.2, 0.25) is 0 Å². The SMILES string of the molecule is CCCC(CN)(CC(=O)OC)c1ccccc1. The molecule has 0 aliphatic heterocycles. The first-order valence-electron chi connectivity index (χ1n) is 6.01. The monoisotopic (exact) mass is 235 g/mol. The molecule has 0 aliphatic carbocycles. The molecule has 0 spiro atoms. The van der Waals surface area contributed by atoms with Crippen molar-refractivity contribution in [3.8, 4) is 0 Å². The van der Waals surface area contributed by atoms with E-state index < -0.39 is 0 Å². The molecule has 0 bridgehead atoms. The van der Waals surface area contributed by atoms with Crippen LogP contribution >= 0.6 is 0 Å². The summed E-state index contributed by atoms with van der Waals surface area (Å²) in [7, 11) is 1.42. The lowest BCUT2D eigenvalue weighted by Crippen LogP contribution is -2.37. The van der Waals surface area contributed by atoms with Crippen molar-refractivity contribution in [2.75, 3.05) is 13.7 Å². The first-order valence-corrected chi connectivity index (χ1v) is 6.01. The maximum atomic E-state index is 11.6. The van der Waals surface area contributed by atoms with Gasteiger partial charge in [0.05, 0.1) is 13.5 Å². The molecule has 3 nitrogen and oxygen atoms in total. The molecule has 1 atom stereocenters. The molecule has 0 aromatic heterocycles. The summed E-state index contributed by atoms with van der Waals surface area (Å²) in [6, 6.07) is 9.99. The topological polar surface area (TPSA) is 52.3 Å². The molecule has 1 aromatic rings. The van der Waals surface area contributed by atoms with E-state index in [1.165, 1.54) is 7.11 Å². The van der Waals surface area contributed by atoms with Crippen LogP contribution in [0.25, 0.3) is 0 Å². The second kappa shape index (κ2) is 6.40. The zero-order valence-electron chi connectivity index (χ0n) is 10.6. The van der Waals surface area contributed by atoms with Gasteiger partial charge in [0.2, 0.25) is 0 Å². The molecule has 0 radical (unpaired) electrons. The Morgan fingerprint density at radius 1 is 1.35 bits per heavy atom. The van der Waals surface area contributed by atoms with E-state index >= 15 is 0 Å². The van der Waals surface area contributed by atoms with Crippen molar-refractivity contribution in [2.24, 2.45) is 5.73 Å². The fourth-order valence-electron chi connectivity index (χ4n) is 2.25. The van der Waals surface area contributed by atoms with Gasteiger partial charge in [-0.25, -0.2) is 0 Å². The molecule has 0 heterocycles. The Balaban J connectivity index is 3.04. The summed E-state index contributed by atoms with van der Waals surface area (Å²) in [5, 5.41) is 0. The van der Waals surface area contributed by atoms with E-state index in [2.05, 4.69) is 6.92 Å². The van der Waals surface area contributed by atoms with Crippen LogP contribution in [0.1, 0.15) is 31.7 Å². The van der Waals surface area contributed by atoms with Gasteiger partial charge in [0.1, 0.15) is 0 Å². The van der Waals surface area contributed by atoms with Crippen molar-refractivity contribution in [2.45, 2.75) is 31.6 Å². The third-order valence-electron chi connectivity index (χ3n) is 3.22. The number of carbonyl (C=O) groups is 1. The first kappa shape index (κ1) is 13.7. The minimum Gasteiger partial charge on any atom is -0.469 e. The van der Waals surface area contributed by atoms with Crippen LogP contribution in [0, 0.1) is 0 Å². The van der Waals surface area contributed by atoms with Crippen LogP contribution < -0.4 is 5.73 Å². The number of hydrogen-bond donors (Lipinski definition) is 1. The lowest BCUT2D eigenvalue weighted by Gasteiger charge is -2.32. The standard InChI is InChI=1S/C14H21NO2/c1-3-9-14(11-15,10-13(16)17-2)12-7-5-4-6-8-12/h4-8H,3,9-11,15H2,1-2H3. The molecule has 3 heteroatoms. The highest BCUT2D eigenvalue weighted by Gasteiger charge is 2.32. The number of hydrogen-bond acceptors (Lipinski definition) is 3. The molecule has 1 unspecified atom stereocenters. The van der Waals surface area contributed by atoms with Crippen LogP contribution in [-0.4, -0.2) is 19.6 Å². The van der Waals surface area contributed by atoms with Crippen molar-refractivity contribution < 1.29 is 9.53 Å². The van der Waals surface area contributed by atoms with Crippen LogP contribution in [0.3, 0.4) is 0 Å². The fourth-order valence-corrected chi connectivity index (χ4v) is 2.25. The Morgan fingerprint density at radius 2 is 2.00 bits per heavy atom. The number of nitrogens with two attached hydrogens (primary N) is 1. The lowest BCUT2D eigenvalue weighted by molar-refractivity contribution is -0.142. The maximum Gasteiger partial charge on any atom is 0.306 e. The smallest absolute Gasteiger partial charge is 0.306 e. The molecule has 0 saturated carbocycles. The van der Waals surface area contributed by atoms with Crippen molar-refractivity contribution in [3.05, 3.63) is 35.9 Å². The predicted molar refractivity (Wildman–Crippen MR) is 68.7 cm³/mol. The molecule has 0 fully saturated rings. The Morgan fingerprint density at radius 3 is 2.47 bits per heavy atom. The minimum absolute atomic E-state index is 0.201. The van der Waals surface area contributed by atoms with Crippen molar-refractivity contribution in [1.29, 1.82) is 0 Å². The summed E-state index contributed by atoms with van der Waals surface area (Å²) >= 11 is 0. The van der Waals surface area contributed by atoms with E-state index in [4.69, 9.17) is 10.5 Å². The largest absolute Gasteiger partial charge is 0.469 e. The highest BCUT2D eigenvalue weighted by Crippen LogP contribution is 2.32. The van der Waals surface area contributed by atoms with Crippen LogP contribution in [0.15, 0.2) is 30.3 Å². The van der Waals surface area contributed by atoms with Crippen molar-refractivity contribution in [3.63, 3.8) is 0 Å². The number of carbonyl (C=O) groups excluding carboxylic acids is 1. The second-order valence-corrected chi connectivity index (χ2v) is 4.35. The zero-order chi connectivity index (χ0) is 12.7. The molecule has 0 saturated heterocycles. The summed E-state index contributed by atoms with van der Waals surface area (Å²) < 4.78 is 4.78. The summed E-state index contributed by atoms with van der Waals surface area (Å²) in [6.45, 7) is 2.56. The molecule has 94 valence electrons. The van der Waals surface area contributed by atoms with Gasteiger partial charge in [-0.15, -0.1) is 0 Å². The van der Waals surface area contributed by atoms with E-state index in [0.717, 1.165) is 18.4 Å². The van der Waals surface area contributed by atoms with E-state index in [1.54, 1.807) is 0 Å². The Labute approximate surface area is 103 Å². The number of ether oxygens (including phenoxy) is 1. The molecular weight excluding hydrogens is 214 g/mol. The van der Waals surface area contributed by atoms with Gasteiger partial charge < -0.3 is 10.5 Å². The summed E-state index contributed by atoms with van der Waals surface area (Å²) in [6.07, 6.45) is 2.23. The van der Waals surface area contributed by atoms with Gasteiger partial charge in [-0.3, -0.25) is 4.79 Å². The fraction of sp³-hybridized carbons (Fsp3) is 0.500. The van der Waals surface area contributed by atoms with Gasteiger partial charge in [-0.1, -0.05) is 43.7 Å². The average Bonchev–Trinajstić information content (AvgIpc) is 2.39. The van der Waals surface area contributed by atoms with Gasteiger partial charge >= 0.3 is 5.97 Å². The normalized spacial score (nSPS) is 14.1. The van der Waals surface area contributed by atoms with Crippen molar-refractivity contribution >= 4 is 5.97 Å². The quantitative estimate of drug-likeness (QED) is 0.769. The lowest BCUT2D eigenvalue weighted by atomic mass is 9.74. The molecule has 2 N–H and O–H groups in total. The first-order chi connectivity index (χ1) is 8.18. The third-order valence-corrected chi connectivity index (χ3v) is 3.22. The van der Waals surface area contributed by atoms with E-state index in [-0.39, 0.29) is 11.4 Å².